The summed E-state index contributed by atoms with van der Waals surface area (Å²) < 4.78 is 15.8. The lowest BCUT2D eigenvalue weighted by molar-refractivity contribution is 0.0945. The first-order valence-corrected chi connectivity index (χ1v) is 6.87. The van der Waals surface area contributed by atoms with E-state index in [4.69, 9.17) is 19.9 Å². The van der Waals surface area contributed by atoms with Crippen molar-refractivity contribution in [2.75, 3.05) is 27.1 Å². The third-order valence-electron chi connectivity index (χ3n) is 3.24. The van der Waals surface area contributed by atoms with E-state index in [-0.39, 0.29) is 12.5 Å². The molecule has 0 aliphatic heterocycles. The predicted octanol–water partition coefficient (Wildman–Crippen LogP) is 1.62. The van der Waals surface area contributed by atoms with Crippen molar-refractivity contribution in [2.24, 2.45) is 0 Å². The first-order valence-electron chi connectivity index (χ1n) is 6.87. The highest BCUT2D eigenvalue weighted by Crippen LogP contribution is 2.34. The van der Waals surface area contributed by atoms with Crippen LogP contribution in [0.1, 0.15) is 16.1 Å². The normalized spacial score (nSPS) is 10.0. The topological polar surface area (TPSA) is 95.7 Å². The lowest BCUT2D eigenvalue weighted by Crippen LogP contribution is -2.24. The minimum absolute atomic E-state index is 0.258. The number of hydrogen-bond acceptors (Lipinski definition) is 6. The van der Waals surface area contributed by atoms with Crippen LogP contribution in [0.15, 0.2) is 30.5 Å². The van der Waals surface area contributed by atoms with Crippen LogP contribution in [0.2, 0.25) is 0 Å². The second-order valence-electron chi connectivity index (χ2n) is 4.68. The third kappa shape index (κ3) is 3.82. The molecule has 1 heterocycles. The molecule has 0 saturated carbocycles. The number of hydrogen-bond donors (Lipinski definition) is 2. The molecule has 1 aromatic heterocycles. The Balaban J connectivity index is 2.16. The van der Waals surface area contributed by atoms with Crippen molar-refractivity contribution in [3.05, 3.63) is 41.7 Å². The molecule has 7 nitrogen and oxygen atoms in total. The molecule has 23 heavy (non-hydrogen) atoms. The average Bonchev–Trinajstić information content (AvgIpc) is 2.59. The molecule has 7 heteroatoms. The van der Waals surface area contributed by atoms with Crippen LogP contribution < -0.4 is 25.3 Å². The Kier molecular flexibility index (Phi) is 5.24. The zero-order chi connectivity index (χ0) is 16.8. The van der Waals surface area contributed by atoms with Gasteiger partial charge in [0.2, 0.25) is 0 Å². The number of benzene rings is 1. The molecular formula is C16H19N3O4. The number of carbonyl (C=O) groups is 1. The number of rotatable bonds is 6. The minimum Gasteiger partial charge on any atom is -0.496 e. The molecule has 0 saturated heterocycles. The zero-order valence-electron chi connectivity index (χ0n) is 13.3. The quantitative estimate of drug-likeness (QED) is 0.840. The van der Waals surface area contributed by atoms with E-state index in [1.165, 1.54) is 6.20 Å². The van der Waals surface area contributed by atoms with Gasteiger partial charge in [0.1, 0.15) is 11.4 Å². The Hall–Kier alpha value is -2.96. The van der Waals surface area contributed by atoms with Crippen molar-refractivity contribution in [1.82, 2.24) is 10.3 Å². The molecule has 122 valence electrons. The number of ether oxygens (including phenoxy) is 3. The molecule has 0 spiro atoms. The van der Waals surface area contributed by atoms with E-state index >= 15 is 0 Å². The van der Waals surface area contributed by atoms with Gasteiger partial charge in [-0.2, -0.15) is 0 Å². The summed E-state index contributed by atoms with van der Waals surface area (Å²) in [4.78, 5) is 16.1. The number of anilines is 1. The van der Waals surface area contributed by atoms with Crippen molar-refractivity contribution in [3.63, 3.8) is 0 Å². The van der Waals surface area contributed by atoms with Gasteiger partial charge in [-0.05, 0) is 18.2 Å². The maximum atomic E-state index is 12.1. The van der Waals surface area contributed by atoms with Crippen molar-refractivity contribution in [3.8, 4) is 17.2 Å². The number of amides is 1. The third-order valence-corrected chi connectivity index (χ3v) is 3.24. The first kappa shape index (κ1) is 16.4. The summed E-state index contributed by atoms with van der Waals surface area (Å²) in [6.45, 7) is 0.258. The molecule has 1 amide bonds. The van der Waals surface area contributed by atoms with E-state index in [9.17, 15) is 4.79 Å². The summed E-state index contributed by atoms with van der Waals surface area (Å²) in [7, 11) is 4.64. The van der Waals surface area contributed by atoms with Gasteiger partial charge in [-0.25, -0.2) is 4.98 Å². The van der Waals surface area contributed by atoms with Crippen LogP contribution in [-0.4, -0.2) is 32.2 Å². The molecule has 0 aliphatic carbocycles. The Labute approximate surface area is 134 Å². The van der Waals surface area contributed by atoms with Crippen molar-refractivity contribution < 1.29 is 19.0 Å². The van der Waals surface area contributed by atoms with Gasteiger partial charge in [0.15, 0.2) is 11.5 Å². The van der Waals surface area contributed by atoms with Crippen LogP contribution in [0, 0.1) is 0 Å². The second-order valence-corrected chi connectivity index (χ2v) is 4.68. The number of methoxy groups -OCH3 is 3. The molecule has 0 fully saturated rings. The maximum Gasteiger partial charge on any atom is 0.270 e. The summed E-state index contributed by atoms with van der Waals surface area (Å²) in [6.07, 6.45) is 1.44. The van der Waals surface area contributed by atoms with Gasteiger partial charge in [0.25, 0.3) is 5.91 Å². The number of nitrogen functional groups attached to an aromatic ring is 1. The number of nitrogens with zero attached hydrogens (tertiary/aromatic N) is 1. The number of nitrogens with one attached hydrogen (secondary N) is 1. The minimum atomic E-state index is -0.304. The van der Waals surface area contributed by atoms with Gasteiger partial charge in [0, 0.05) is 18.2 Å². The Morgan fingerprint density at radius 1 is 1.09 bits per heavy atom. The summed E-state index contributed by atoms with van der Waals surface area (Å²) in [6, 6.07) is 6.66. The molecule has 0 bridgehead atoms. The summed E-state index contributed by atoms with van der Waals surface area (Å²) in [5.74, 6) is 1.40. The Bertz CT molecular complexity index is 686. The van der Waals surface area contributed by atoms with Crippen LogP contribution in [0.25, 0.3) is 0 Å². The Morgan fingerprint density at radius 3 is 2.30 bits per heavy atom. The van der Waals surface area contributed by atoms with E-state index in [2.05, 4.69) is 10.3 Å². The van der Waals surface area contributed by atoms with E-state index in [0.29, 0.717) is 28.6 Å². The molecule has 2 rings (SSSR count). The summed E-state index contributed by atoms with van der Waals surface area (Å²) in [5.41, 5.74) is 7.10. The first-order chi connectivity index (χ1) is 11.1. The summed E-state index contributed by atoms with van der Waals surface area (Å²) >= 11 is 0. The van der Waals surface area contributed by atoms with Crippen molar-refractivity contribution in [2.45, 2.75) is 6.54 Å². The smallest absolute Gasteiger partial charge is 0.270 e. The van der Waals surface area contributed by atoms with E-state index in [1.54, 1.807) is 45.6 Å². The van der Waals surface area contributed by atoms with Crippen LogP contribution in [0.3, 0.4) is 0 Å². The van der Waals surface area contributed by atoms with Crippen LogP contribution in [-0.2, 0) is 6.54 Å². The number of nitrogens with two attached hydrogens (primary N) is 1. The largest absolute Gasteiger partial charge is 0.496 e. The monoisotopic (exact) mass is 317 g/mol. The molecule has 0 aliphatic rings. The maximum absolute atomic E-state index is 12.1. The number of carbonyl (C=O) groups excluding carboxylic acids is 1. The second kappa shape index (κ2) is 7.35. The number of pyridine rings is 1. The molecule has 3 N–H and O–H groups in total. The van der Waals surface area contributed by atoms with Crippen LogP contribution in [0.5, 0.6) is 17.2 Å². The van der Waals surface area contributed by atoms with Crippen LogP contribution in [0.4, 0.5) is 5.69 Å². The van der Waals surface area contributed by atoms with Crippen LogP contribution >= 0.6 is 0 Å². The van der Waals surface area contributed by atoms with Gasteiger partial charge >= 0.3 is 0 Å². The van der Waals surface area contributed by atoms with Crippen molar-refractivity contribution >= 4 is 11.6 Å². The fourth-order valence-corrected chi connectivity index (χ4v) is 2.04. The van der Waals surface area contributed by atoms with Crippen molar-refractivity contribution in [1.29, 1.82) is 0 Å². The van der Waals surface area contributed by atoms with Gasteiger partial charge in [0.05, 0.1) is 33.2 Å². The highest BCUT2D eigenvalue weighted by atomic mass is 16.5. The van der Waals surface area contributed by atoms with E-state index in [0.717, 1.165) is 5.56 Å². The fourth-order valence-electron chi connectivity index (χ4n) is 2.04. The molecule has 0 atom stereocenters. The standard InChI is InChI=1S/C16H19N3O4/c1-21-13-7-15(23-3)14(22-2)6-10(13)8-19-16(20)12-5-4-11(17)9-18-12/h4-7,9H,8,17H2,1-3H3,(H,19,20). The van der Waals surface area contributed by atoms with Gasteiger partial charge in [-0.3, -0.25) is 4.79 Å². The summed E-state index contributed by atoms with van der Waals surface area (Å²) in [5, 5.41) is 2.78. The zero-order valence-corrected chi connectivity index (χ0v) is 13.3. The van der Waals surface area contributed by atoms with Gasteiger partial charge < -0.3 is 25.3 Å². The molecule has 0 unspecified atom stereocenters. The van der Waals surface area contributed by atoms with Gasteiger partial charge in [-0.15, -0.1) is 0 Å². The average molecular weight is 317 g/mol. The highest BCUT2D eigenvalue weighted by molar-refractivity contribution is 5.92. The molecule has 1 aromatic carbocycles. The molecule has 0 radical (unpaired) electrons. The fraction of sp³-hybridized carbons (Fsp3) is 0.250. The van der Waals surface area contributed by atoms with E-state index in [1.807, 2.05) is 0 Å². The highest BCUT2D eigenvalue weighted by Gasteiger charge is 2.13. The lowest BCUT2D eigenvalue weighted by atomic mass is 10.1. The molecule has 2 aromatic rings. The molecular weight excluding hydrogens is 298 g/mol. The van der Waals surface area contributed by atoms with E-state index < -0.39 is 0 Å². The predicted molar refractivity (Wildman–Crippen MR) is 85.9 cm³/mol. The Morgan fingerprint density at radius 2 is 1.74 bits per heavy atom. The SMILES string of the molecule is COc1cc(OC)c(OC)cc1CNC(=O)c1ccc(N)cn1. The van der Waals surface area contributed by atoms with Gasteiger partial charge in [-0.1, -0.05) is 0 Å². The lowest BCUT2D eigenvalue weighted by Gasteiger charge is -2.14. The number of aromatic nitrogens is 1.